The average Bonchev–Trinajstić information content (AvgIpc) is 2.68. The van der Waals surface area contributed by atoms with Gasteiger partial charge in [-0.3, -0.25) is 9.69 Å². The molecule has 1 aliphatic carbocycles. The third kappa shape index (κ3) is 4.84. The molecule has 0 radical (unpaired) electrons. The quantitative estimate of drug-likeness (QED) is 0.685. The molecule has 2 fully saturated rings. The van der Waals surface area contributed by atoms with Gasteiger partial charge in [0, 0.05) is 6.04 Å². The van der Waals surface area contributed by atoms with E-state index < -0.39 is 11.7 Å². The Bertz CT molecular complexity index is 621. The van der Waals surface area contributed by atoms with Gasteiger partial charge in [0.1, 0.15) is 0 Å². The maximum absolute atomic E-state index is 12.8. The number of alkyl halides is 3. The fourth-order valence-electron chi connectivity index (χ4n) is 4.58. The second-order valence-electron chi connectivity index (χ2n) is 7.64. The Balaban J connectivity index is 1.67. The van der Waals surface area contributed by atoms with Crippen LogP contribution in [0.5, 0.6) is 0 Å². The highest BCUT2D eigenvalue weighted by Crippen LogP contribution is 2.39. The van der Waals surface area contributed by atoms with Crippen LogP contribution >= 0.6 is 0 Å². The number of carbonyl (C=O) groups excluding carboxylic acids is 1. The summed E-state index contributed by atoms with van der Waals surface area (Å²) in [5.41, 5.74) is 0.411. The first-order valence-corrected chi connectivity index (χ1v) is 9.98. The van der Waals surface area contributed by atoms with E-state index in [4.69, 9.17) is 4.74 Å². The van der Waals surface area contributed by atoms with Gasteiger partial charge in [-0.05, 0) is 69.3 Å². The molecule has 1 heterocycles. The van der Waals surface area contributed by atoms with Gasteiger partial charge >= 0.3 is 12.1 Å². The molecular formula is C21H28F3NO2. The van der Waals surface area contributed by atoms with Gasteiger partial charge < -0.3 is 4.74 Å². The van der Waals surface area contributed by atoms with Crippen molar-refractivity contribution < 1.29 is 22.7 Å². The van der Waals surface area contributed by atoms with E-state index in [9.17, 15) is 18.0 Å². The van der Waals surface area contributed by atoms with Crippen molar-refractivity contribution in [2.24, 2.45) is 5.92 Å². The van der Waals surface area contributed by atoms with E-state index >= 15 is 0 Å². The smallest absolute Gasteiger partial charge is 0.416 e. The summed E-state index contributed by atoms with van der Waals surface area (Å²) in [6.45, 7) is 3.94. The van der Waals surface area contributed by atoms with E-state index in [-0.39, 0.29) is 17.8 Å². The third-order valence-corrected chi connectivity index (χ3v) is 6.01. The summed E-state index contributed by atoms with van der Waals surface area (Å²) in [6, 6.07) is 6.05. The molecule has 0 spiro atoms. The number of ether oxygens (including phenoxy) is 1. The highest BCUT2D eigenvalue weighted by molar-refractivity contribution is 5.72. The molecule has 0 amide bonds. The SMILES string of the molecule is CCOC(=O)C1CCN([C@@H]2CCCCC2c2ccc(C(F)(F)F)cc2)CC1. The summed E-state index contributed by atoms with van der Waals surface area (Å²) in [5, 5.41) is 0. The Kier molecular flexibility index (Phi) is 6.45. The number of hydrogen-bond donors (Lipinski definition) is 0. The van der Waals surface area contributed by atoms with Gasteiger partial charge in [-0.15, -0.1) is 0 Å². The summed E-state index contributed by atoms with van der Waals surface area (Å²) in [4.78, 5) is 14.4. The topological polar surface area (TPSA) is 29.5 Å². The lowest BCUT2D eigenvalue weighted by Crippen LogP contribution is -2.46. The van der Waals surface area contributed by atoms with Crippen LogP contribution < -0.4 is 0 Å². The Hall–Kier alpha value is -1.56. The van der Waals surface area contributed by atoms with Gasteiger partial charge in [0.05, 0.1) is 18.1 Å². The lowest BCUT2D eigenvalue weighted by Gasteiger charge is -2.43. The summed E-state index contributed by atoms with van der Waals surface area (Å²) >= 11 is 0. The van der Waals surface area contributed by atoms with Crippen LogP contribution in [0.25, 0.3) is 0 Å². The molecule has 0 aromatic heterocycles. The standard InChI is InChI=1S/C21H28F3NO2/c1-2-27-20(26)16-11-13-25(14-12-16)19-6-4-3-5-18(19)15-7-9-17(10-8-15)21(22,23)24/h7-10,16,18-19H,2-6,11-14H2,1H3/t18?,19-/m1/s1. The Labute approximate surface area is 158 Å². The first-order valence-electron chi connectivity index (χ1n) is 9.98. The Morgan fingerprint density at radius 1 is 1.07 bits per heavy atom. The van der Waals surface area contributed by atoms with Crippen molar-refractivity contribution in [2.45, 2.75) is 63.6 Å². The fourth-order valence-corrected chi connectivity index (χ4v) is 4.58. The summed E-state index contributed by atoms with van der Waals surface area (Å²) in [5.74, 6) is 0.148. The van der Waals surface area contributed by atoms with E-state index in [1.807, 2.05) is 6.92 Å². The fraction of sp³-hybridized carbons (Fsp3) is 0.667. The van der Waals surface area contributed by atoms with Crippen LogP contribution in [0.3, 0.4) is 0 Å². The van der Waals surface area contributed by atoms with Crippen molar-refractivity contribution in [1.82, 2.24) is 4.90 Å². The van der Waals surface area contributed by atoms with Crippen LogP contribution in [-0.4, -0.2) is 36.6 Å². The molecule has 3 rings (SSSR count). The number of likely N-dealkylation sites (tertiary alicyclic amines) is 1. The van der Waals surface area contributed by atoms with Gasteiger partial charge in [-0.25, -0.2) is 0 Å². The molecule has 6 heteroatoms. The molecule has 2 aliphatic rings. The molecule has 2 atom stereocenters. The largest absolute Gasteiger partial charge is 0.466 e. The number of hydrogen-bond acceptors (Lipinski definition) is 3. The number of piperidine rings is 1. The zero-order valence-electron chi connectivity index (χ0n) is 15.8. The minimum absolute atomic E-state index is 0.0192. The van der Waals surface area contributed by atoms with Crippen LogP contribution in [-0.2, 0) is 15.7 Å². The number of rotatable bonds is 4. The number of benzene rings is 1. The molecule has 1 unspecified atom stereocenters. The first-order chi connectivity index (χ1) is 12.9. The summed E-state index contributed by atoms with van der Waals surface area (Å²) in [7, 11) is 0. The molecule has 0 N–H and O–H groups in total. The van der Waals surface area contributed by atoms with E-state index in [2.05, 4.69) is 4.90 Å². The van der Waals surface area contributed by atoms with Gasteiger partial charge in [-0.1, -0.05) is 25.0 Å². The maximum atomic E-state index is 12.8. The number of halogens is 3. The Morgan fingerprint density at radius 3 is 2.30 bits per heavy atom. The van der Waals surface area contributed by atoms with Crippen molar-refractivity contribution in [3.63, 3.8) is 0 Å². The summed E-state index contributed by atoms with van der Waals surface area (Å²) in [6.07, 6.45) is 1.65. The molecule has 27 heavy (non-hydrogen) atoms. The van der Waals surface area contributed by atoms with Crippen molar-refractivity contribution in [3.05, 3.63) is 35.4 Å². The second kappa shape index (κ2) is 8.63. The van der Waals surface area contributed by atoms with Crippen LogP contribution in [0.4, 0.5) is 13.2 Å². The molecule has 1 aromatic rings. The van der Waals surface area contributed by atoms with E-state index in [0.29, 0.717) is 12.6 Å². The highest BCUT2D eigenvalue weighted by atomic mass is 19.4. The van der Waals surface area contributed by atoms with Crippen LogP contribution in [0.2, 0.25) is 0 Å². The maximum Gasteiger partial charge on any atom is 0.416 e. The average molecular weight is 383 g/mol. The van der Waals surface area contributed by atoms with Crippen molar-refractivity contribution in [3.8, 4) is 0 Å². The van der Waals surface area contributed by atoms with E-state index in [1.165, 1.54) is 12.1 Å². The molecular weight excluding hydrogens is 355 g/mol. The molecule has 150 valence electrons. The van der Waals surface area contributed by atoms with Crippen molar-refractivity contribution >= 4 is 5.97 Å². The minimum Gasteiger partial charge on any atom is -0.466 e. The predicted molar refractivity (Wildman–Crippen MR) is 97.4 cm³/mol. The molecule has 1 saturated heterocycles. The third-order valence-electron chi connectivity index (χ3n) is 6.01. The minimum atomic E-state index is -4.29. The van der Waals surface area contributed by atoms with Crippen LogP contribution in [0.1, 0.15) is 62.5 Å². The highest BCUT2D eigenvalue weighted by Gasteiger charge is 2.36. The van der Waals surface area contributed by atoms with E-state index in [1.54, 1.807) is 12.1 Å². The molecule has 1 aromatic carbocycles. The monoisotopic (exact) mass is 383 g/mol. The van der Waals surface area contributed by atoms with Crippen LogP contribution in [0.15, 0.2) is 24.3 Å². The normalized spacial score (nSPS) is 25.3. The molecule has 3 nitrogen and oxygen atoms in total. The number of esters is 1. The molecule has 0 bridgehead atoms. The predicted octanol–water partition coefficient (Wildman–Crippen LogP) is 5.01. The molecule has 1 saturated carbocycles. The van der Waals surface area contributed by atoms with Gasteiger partial charge in [0.15, 0.2) is 0 Å². The number of nitrogens with zero attached hydrogens (tertiary/aromatic N) is 1. The van der Waals surface area contributed by atoms with Gasteiger partial charge in [-0.2, -0.15) is 13.2 Å². The van der Waals surface area contributed by atoms with Crippen molar-refractivity contribution in [1.29, 1.82) is 0 Å². The Morgan fingerprint density at radius 2 is 1.70 bits per heavy atom. The van der Waals surface area contributed by atoms with Gasteiger partial charge in [0.25, 0.3) is 0 Å². The zero-order valence-corrected chi connectivity index (χ0v) is 15.8. The number of carbonyl (C=O) groups is 1. The first kappa shape index (κ1) is 20.2. The zero-order chi connectivity index (χ0) is 19.4. The lowest BCUT2D eigenvalue weighted by molar-refractivity contribution is -0.150. The van der Waals surface area contributed by atoms with Crippen LogP contribution in [0, 0.1) is 5.92 Å². The van der Waals surface area contributed by atoms with E-state index in [0.717, 1.165) is 57.2 Å². The second-order valence-corrected chi connectivity index (χ2v) is 7.64. The van der Waals surface area contributed by atoms with Crippen molar-refractivity contribution in [2.75, 3.05) is 19.7 Å². The van der Waals surface area contributed by atoms with Gasteiger partial charge in [0.2, 0.25) is 0 Å². The lowest BCUT2D eigenvalue weighted by atomic mass is 9.78. The molecule has 1 aliphatic heterocycles. The summed E-state index contributed by atoms with van der Waals surface area (Å²) < 4.78 is 43.7.